The van der Waals surface area contributed by atoms with Gasteiger partial charge in [-0.3, -0.25) is 18.8 Å². The number of halogens is 6. The van der Waals surface area contributed by atoms with Crippen molar-refractivity contribution in [2.24, 2.45) is 0 Å². The Kier molecular flexibility index (Phi) is 1710000. The van der Waals surface area contributed by atoms with E-state index in [1.165, 1.54) is 0 Å². The summed E-state index contributed by atoms with van der Waals surface area (Å²) in [6, 6.07) is 0. The molecule has 0 fully saturated rings. The second-order valence-electron chi connectivity index (χ2n) is 0. The van der Waals surface area contributed by atoms with Gasteiger partial charge >= 0.3 is 23.7 Å². The Morgan fingerprint density at radius 2 is 0.571 bits per heavy atom. The van der Waals surface area contributed by atoms with Crippen LogP contribution in [0.1, 0.15) is 0 Å². The normalized spacial score (nSPS) is 1.07. The molecular formula is H22F6N4O3Ti+4. The molecule has 0 aromatic carbocycles. The standard InChI is InChI=1S/2FHO.4FH.4H3N.O.Ti/c2*1-2;;;;;;;;;;/h2*2H;4*1H;4*1H3;;/p+4. The Morgan fingerprint density at radius 3 is 0.571 bits per heavy atom. The molecule has 0 heterocycles. The first-order valence-electron chi connectivity index (χ1n) is 0.542. The van der Waals surface area contributed by atoms with Crippen LogP contribution in [0.5, 0.6) is 0 Å². The van der Waals surface area contributed by atoms with Gasteiger partial charge in [-0.2, -0.15) is 0 Å². The van der Waals surface area contributed by atoms with Crippen LogP contribution in [0.4, 0.5) is 27.9 Å². The van der Waals surface area contributed by atoms with Gasteiger partial charge in [-0.05, 0) is 0 Å². The van der Waals surface area contributed by atoms with Gasteiger partial charge in [-0.25, -0.2) is 10.6 Å². The third-order valence-corrected chi connectivity index (χ3v) is 0. The Hall–Kier alpha value is -0.146. The van der Waals surface area contributed by atoms with Crippen molar-refractivity contribution >= 4 is 0 Å². The predicted octanol–water partition coefficient (Wildman–Crippen LogP) is 1.72. The van der Waals surface area contributed by atoms with E-state index in [9.17, 15) is 0 Å². The summed E-state index contributed by atoms with van der Waals surface area (Å²) < 4.78 is 25.2. The number of hydrogen-bond donors (Lipinski definition) is 6. The van der Waals surface area contributed by atoms with E-state index in [-0.39, 0.29) is 43.4 Å². The second kappa shape index (κ2) is 85100. The maximum absolute atomic E-state index is 8.50. The van der Waals surface area contributed by atoms with Crippen molar-refractivity contribution in [1.82, 2.24) is 24.6 Å². The Labute approximate surface area is 87.6 Å². The molecule has 0 aromatic rings. The number of hydrogen-bond acceptors (Lipinski definition) is 3. The summed E-state index contributed by atoms with van der Waals surface area (Å²) in [6.07, 6.45) is 0. The van der Waals surface area contributed by atoms with Crippen LogP contribution in [0.15, 0.2) is 0 Å². The molecule has 0 aliphatic carbocycles. The van der Waals surface area contributed by atoms with Gasteiger partial charge in [0.2, 0.25) is 0 Å². The first kappa shape index (κ1) is 281. The average Bonchev–Trinajstić information content (AvgIpc) is 1.81. The zero-order valence-corrected chi connectivity index (χ0v) is 9.75. The third kappa shape index (κ3) is 65800. The van der Waals surface area contributed by atoms with Crippen LogP contribution in [0.2, 0.25) is 0 Å². The zero-order chi connectivity index (χ0) is 6.00. The van der Waals surface area contributed by atoms with E-state index in [0.717, 1.165) is 20.4 Å². The van der Waals surface area contributed by atoms with Crippen molar-refractivity contribution in [2.75, 3.05) is 0 Å². The Morgan fingerprint density at radius 1 is 0.571 bits per heavy atom. The van der Waals surface area contributed by atoms with Crippen molar-refractivity contribution < 1.29 is 62.2 Å². The molecule has 102 valence electrons. The SMILES string of the molecule is F.F.F.F.OF.OF.[NH4+].[NH4+].[NH4+].[NH4+].[O]=[Ti]. The summed E-state index contributed by atoms with van der Waals surface area (Å²) in [7, 11) is 0. The molecule has 0 amide bonds. The first-order valence-corrected chi connectivity index (χ1v) is 1.18. The van der Waals surface area contributed by atoms with Crippen LogP contribution in [0.3, 0.4) is 0 Å². The zero-order valence-electron chi connectivity index (χ0n) is 8.19. The minimum atomic E-state index is 0. The summed E-state index contributed by atoms with van der Waals surface area (Å²) in [4.78, 5) is 0. The van der Waals surface area contributed by atoms with E-state index in [1.807, 2.05) is 0 Å². The molecule has 0 atom stereocenters. The molecule has 7 nitrogen and oxygen atoms in total. The van der Waals surface area contributed by atoms with Crippen LogP contribution in [-0.4, -0.2) is 10.6 Å². The van der Waals surface area contributed by atoms with Crippen LogP contribution >= 0.6 is 0 Å². The molecule has 0 saturated heterocycles. The molecule has 0 aliphatic heterocycles. The fourth-order valence-corrected chi connectivity index (χ4v) is 0. The number of rotatable bonds is 0. The van der Waals surface area contributed by atoms with Crippen LogP contribution in [0.25, 0.3) is 0 Å². The summed E-state index contributed by atoms with van der Waals surface area (Å²) in [5.74, 6) is 0. The molecule has 0 spiro atoms. The molecule has 0 unspecified atom stereocenters. The van der Waals surface area contributed by atoms with Crippen LogP contribution < -0.4 is 24.6 Å². The van der Waals surface area contributed by atoms with Crippen molar-refractivity contribution in [2.45, 2.75) is 0 Å². The monoisotopic (exact) mass is 288 g/mol. The predicted molar refractivity (Wildman–Crippen MR) is 41.3 cm³/mol. The van der Waals surface area contributed by atoms with E-state index in [0.29, 0.717) is 0 Å². The molecule has 14 heavy (non-hydrogen) atoms. The third-order valence-electron chi connectivity index (χ3n) is 0. The summed E-state index contributed by atoms with van der Waals surface area (Å²) in [5.41, 5.74) is 0. The molecule has 14 heteroatoms. The molecule has 0 bridgehead atoms. The van der Waals surface area contributed by atoms with Gasteiger partial charge in [0.15, 0.2) is 0 Å². The first-order chi connectivity index (χ1) is 3.00. The van der Waals surface area contributed by atoms with Crippen molar-refractivity contribution in [3.63, 3.8) is 0 Å². The van der Waals surface area contributed by atoms with Gasteiger partial charge in [-0.1, -0.05) is 9.05 Å². The molecule has 0 saturated carbocycles. The quantitative estimate of drug-likeness (QED) is 0.291. The molecular weight excluding hydrogens is 266 g/mol. The van der Waals surface area contributed by atoms with E-state index < -0.39 is 0 Å². The van der Waals surface area contributed by atoms with E-state index in [2.05, 4.69) is 0 Å². The Bertz CT molecular complexity index is 25.0. The molecule has 0 aliphatic rings. The summed E-state index contributed by atoms with van der Waals surface area (Å²) >= 11 is 0.750. The van der Waals surface area contributed by atoms with Crippen LogP contribution in [-0.2, 0) is 23.7 Å². The van der Waals surface area contributed by atoms with Gasteiger partial charge in [0.25, 0.3) is 0 Å². The van der Waals surface area contributed by atoms with Crippen molar-refractivity contribution in [1.29, 1.82) is 0 Å². The second-order valence-corrected chi connectivity index (χ2v) is 0. The van der Waals surface area contributed by atoms with Gasteiger partial charge in [0, 0.05) is 0 Å². The molecule has 18 N–H and O–H groups in total. The maximum atomic E-state index is 8.50. The van der Waals surface area contributed by atoms with E-state index in [4.69, 9.17) is 23.0 Å². The molecule has 0 radical (unpaired) electrons. The minimum absolute atomic E-state index is 0. The number of quaternary nitrogens is 4. The van der Waals surface area contributed by atoms with Gasteiger partial charge in [0.05, 0.1) is 0 Å². The fourth-order valence-electron chi connectivity index (χ4n) is 0. The van der Waals surface area contributed by atoms with Crippen LogP contribution in [0, 0.1) is 0 Å². The van der Waals surface area contributed by atoms with E-state index >= 15 is 0 Å². The summed E-state index contributed by atoms with van der Waals surface area (Å²) in [6.45, 7) is 0. The average molecular weight is 288 g/mol. The van der Waals surface area contributed by atoms with Gasteiger partial charge < -0.3 is 24.6 Å². The summed E-state index contributed by atoms with van der Waals surface area (Å²) in [5, 5.41) is 11.0. The fraction of sp³-hybridized carbons (Fsp3) is 0. The Balaban J connectivity index is -0.000000000833. The van der Waals surface area contributed by atoms with Crippen molar-refractivity contribution in [3.05, 3.63) is 0 Å². The van der Waals surface area contributed by atoms with Gasteiger partial charge in [0.1, 0.15) is 0 Å². The topological polar surface area (TPSA) is 204 Å². The van der Waals surface area contributed by atoms with E-state index in [1.54, 1.807) is 0 Å². The van der Waals surface area contributed by atoms with Gasteiger partial charge in [-0.15, -0.1) is 0 Å². The molecule has 0 rings (SSSR count). The van der Waals surface area contributed by atoms with Crippen molar-refractivity contribution in [3.8, 4) is 0 Å². The molecule has 0 aromatic heterocycles.